The summed E-state index contributed by atoms with van der Waals surface area (Å²) in [6.45, 7) is 0.501. The molecule has 8 heteroatoms. The summed E-state index contributed by atoms with van der Waals surface area (Å²) in [5.41, 5.74) is 1.73. The molecule has 0 radical (unpaired) electrons. The molecule has 172 valence electrons. The van der Waals surface area contributed by atoms with E-state index in [4.69, 9.17) is 4.74 Å². The first-order valence-corrected chi connectivity index (χ1v) is 12.7. The Morgan fingerprint density at radius 2 is 1.67 bits per heavy atom. The van der Waals surface area contributed by atoms with Gasteiger partial charge in [0.2, 0.25) is 10.0 Å². The van der Waals surface area contributed by atoms with Crippen LogP contribution < -0.4 is 4.72 Å². The van der Waals surface area contributed by atoms with Gasteiger partial charge in [0.1, 0.15) is 10.8 Å². The maximum atomic E-state index is 13.0. The lowest BCUT2D eigenvalue weighted by Gasteiger charge is -2.21. The van der Waals surface area contributed by atoms with Crippen molar-refractivity contribution in [1.29, 1.82) is 0 Å². The Morgan fingerprint density at radius 3 is 2.33 bits per heavy atom. The van der Waals surface area contributed by atoms with E-state index >= 15 is 0 Å². The van der Waals surface area contributed by atoms with E-state index < -0.39 is 22.0 Å². The topological polar surface area (TPSA) is 75.7 Å². The van der Waals surface area contributed by atoms with Crippen LogP contribution in [0.3, 0.4) is 0 Å². The van der Waals surface area contributed by atoms with Gasteiger partial charge in [-0.2, -0.15) is 0 Å². The van der Waals surface area contributed by atoms with Crippen molar-refractivity contribution in [2.75, 3.05) is 20.6 Å². The van der Waals surface area contributed by atoms with Gasteiger partial charge in [-0.05, 0) is 43.9 Å². The predicted octanol–water partition coefficient (Wildman–Crippen LogP) is 3.49. The molecule has 0 amide bonds. The highest BCUT2D eigenvalue weighted by Crippen LogP contribution is 2.21. The summed E-state index contributed by atoms with van der Waals surface area (Å²) < 4.78 is 34.0. The van der Waals surface area contributed by atoms with Gasteiger partial charge in [-0.3, -0.25) is 4.79 Å². The Hall–Kier alpha value is -2.96. The fourth-order valence-electron chi connectivity index (χ4n) is 3.05. The number of hydrogen-bond acceptors (Lipinski definition) is 6. The number of rotatable bonds is 9. The molecule has 0 aliphatic heterocycles. The normalized spacial score (nSPS) is 12.1. The molecule has 0 bridgehead atoms. The fraction of sp³-hybridized carbons (Fsp3) is 0.240. The summed E-state index contributed by atoms with van der Waals surface area (Å²) in [5, 5.41) is 0. The number of ether oxygens (including phenoxy) is 1. The third-order valence-corrected chi connectivity index (χ3v) is 7.53. The molecular formula is C25H26N2O4S2. The average molecular weight is 483 g/mol. The van der Waals surface area contributed by atoms with Crippen LogP contribution in [-0.4, -0.2) is 46.0 Å². The highest BCUT2D eigenvalue weighted by molar-refractivity contribution is 7.91. The summed E-state index contributed by atoms with van der Waals surface area (Å²) in [5.74, 6) is 5.56. The van der Waals surface area contributed by atoms with Crippen molar-refractivity contribution in [3.63, 3.8) is 0 Å². The Kier molecular flexibility index (Phi) is 8.80. The van der Waals surface area contributed by atoms with Crippen molar-refractivity contribution in [2.45, 2.75) is 23.3 Å². The summed E-state index contributed by atoms with van der Waals surface area (Å²) in [7, 11) is -0.177. The van der Waals surface area contributed by atoms with Crippen molar-refractivity contribution < 1.29 is 17.9 Å². The predicted molar refractivity (Wildman–Crippen MR) is 130 cm³/mol. The highest BCUT2D eigenvalue weighted by atomic mass is 32.2. The Morgan fingerprint density at radius 1 is 1.00 bits per heavy atom. The zero-order valence-corrected chi connectivity index (χ0v) is 20.2. The number of sulfonamides is 1. The van der Waals surface area contributed by atoms with Gasteiger partial charge in [0.05, 0.1) is 11.3 Å². The monoisotopic (exact) mass is 482 g/mol. The van der Waals surface area contributed by atoms with Crippen molar-refractivity contribution in [1.82, 2.24) is 9.62 Å². The molecule has 2 aromatic carbocycles. The quantitative estimate of drug-likeness (QED) is 0.373. The summed E-state index contributed by atoms with van der Waals surface area (Å²) >= 11 is 1.09. The second kappa shape index (κ2) is 11.8. The molecule has 0 aliphatic rings. The molecule has 3 rings (SSSR count). The average Bonchev–Trinajstić information content (AvgIpc) is 3.27. The van der Waals surface area contributed by atoms with Crippen molar-refractivity contribution in [2.24, 2.45) is 0 Å². The van der Waals surface area contributed by atoms with Crippen LogP contribution in [0.1, 0.15) is 22.4 Å². The van der Waals surface area contributed by atoms with E-state index in [1.807, 2.05) is 79.7 Å². The summed E-state index contributed by atoms with van der Waals surface area (Å²) in [6.07, 6.45) is -0.0731. The van der Waals surface area contributed by atoms with Gasteiger partial charge >= 0.3 is 5.97 Å². The number of carbonyl (C=O) groups is 1. The van der Waals surface area contributed by atoms with E-state index in [0.29, 0.717) is 11.4 Å². The molecule has 3 aromatic rings. The summed E-state index contributed by atoms with van der Waals surface area (Å²) in [6, 6.07) is 21.4. The zero-order valence-electron chi connectivity index (χ0n) is 18.5. The van der Waals surface area contributed by atoms with Crippen LogP contribution in [0.4, 0.5) is 0 Å². The van der Waals surface area contributed by atoms with E-state index in [-0.39, 0.29) is 17.2 Å². The summed E-state index contributed by atoms with van der Waals surface area (Å²) in [4.78, 5) is 14.8. The van der Waals surface area contributed by atoms with Crippen LogP contribution in [0.5, 0.6) is 0 Å². The molecule has 0 aliphatic carbocycles. The lowest BCUT2D eigenvalue weighted by Crippen LogP contribution is -2.43. The van der Waals surface area contributed by atoms with E-state index in [0.717, 1.165) is 22.5 Å². The number of likely N-dealkylation sites (N-methyl/N-ethyl adjacent to an activating group) is 1. The maximum absolute atomic E-state index is 13.0. The first-order chi connectivity index (χ1) is 15.8. The van der Waals surface area contributed by atoms with Crippen LogP contribution in [0.15, 0.2) is 77.0 Å². The molecule has 1 aromatic heterocycles. The van der Waals surface area contributed by atoms with Crippen LogP contribution in [0.25, 0.3) is 0 Å². The number of hydrogen-bond donors (Lipinski definition) is 1. The molecule has 0 saturated carbocycles. The smallest absolute Gasteiger partial charge is 0.307 e. The lowest BCUT2D eigenvalue weighted by atomic mass is 10.2. The molecule has 1 N–H and O–H groups in total. The number of carbonyl (C=O) groups excluding carboxylic acids is 1. The van der Waals surface area contributed by atoms with Crippen molar-refractivity contribution in [3.05, 3.63) is 88.8 Å². The standard InChI is InChI=1S/C25H26N2O4S2/c1-27(2)18-22(17-24(28)31-19-21-11-7-4-8-12-21)26-33(29,30)25-16-15-23(32-25)14-13-20-9-5-3-6-10-20/h3-12,15-16,22,26H,17-19H2,1-2H3/t22-/m1/s1. The van der Waals surface area contributed by atoms with Crippen molar-refractivity contribution >= 4 is 27.3 Å². The van der Waals surface area contributed by atoms with Gasteiger partial charge in [0, 0.05) is 18.2 Å². The highest BCUT2D eigenvalue weighted by Gasteiger charge is 2.25. The number of nitrogens with one attached hydrogen (secondary N) is 1. The van der Waals surface area contributed by atoms with Crippen molar-refractivity contribution in [3.8, 4) is 11.8 Å². The SMILES string of the molecule is CN(C)C[C@@H](CC(=O)OCc1ccccc1)NS(=O)(=O)c1ccc(C#Cc2ccccc2)s1. The van der Waals surface area contributed by atoms with Gasteiger partial charge in [0.25, 0.3) is 0 Å². The minimum Gasteiger partial charge on any atom is -0.461 e. The minimum atomic E-state index is -3.81. The second-order valence-corrected chi connectivity index (χ2v) is 10.7. The number of nitrogens with zero attached hydrogens (tertiary/aromatic N) is 1. The molecule has 1 atom stereocenters. The van der Waals surface area contributed by atoms with Crippen LogP contribution in [0, 0.1) is 11.8 Å². The third kappa shape index (κ3) is 8.15. The lowest BCUT2D eigenvalue weighted by molar-refractivity contribution is -0.145. The van der Waals surface area contributed by atoms with Crippen LogP contribution >= 0.6 is 11.3 Å². The number of esters is 1. The molecule has 0 saturated heterocycles. The molecule has 6 nitrogen and oxygen atoms in total. The Labute approximate surface area is 199 Å². The van der Waals surface area contributed by atoms with E-state index in [1.165, 1.54) is 6.07 Å². The van der Waals surface area contributed by atoms with Crippen LogP contribution in [-0.2, 0) is 26.2 Å². The van der Waals surface area contributed by atoms with Gasteiger partial charge in [-0.15, -0.1) is 11.3 Å². The van der Waals surface area contributed by atoms with Gasteiger partial charge in [0.15, 0.2) is 0 Å². The Balaban J connectivity index is 1.64. The van der Waals surface area contributed by atoms with E-state index in [2.05, 4.69) is 16.6 Å². The molecule has 1 heterocycles. The van der Waals surface area contributed by atoms with Gasteiger partial charge in [-0.25, -0.2) is 13.1 Å². The molecular weight excluding hydrogens is 456 g/mol. The Bertz CT molecular complexity index is 1210. The van der Waals surface area contributed by atoms with E-state index in [9.17, 15) is 13.2 Å². The minimum absolute atomic E-state index is 0.0731. The van der Waals surface area contributed by atoms with Crippen LogP contribution in [0.2, 0.25) is 0 Å². The maximum Gasteiger partial charge on any atom is 0.307 e. The fourth-order valence-corrected chi connectivity index (χ4v) is 5.45. The molecule has 0 fully saturated rings. The van der Waals surface area contributed by atoms with E-state index in [1.54, 1.807) is 6.07 Å². The first-order valence-electron chi connectivity index (χ1n) is 10.4. The zero-order chi connectivity index (χ0) is 23.7. The van der Waals surface area contributed by atoms with Gasteiger partial charge in [-0.1, -0.05) is 60.4 Å². The largest absolute Gasteiger partial charge is 0.461 e. The third-order valence-electron chi connectivity index (χ3n) is 4.51. The number of thiophene rings is 1. The molecule has 33 heavy (non-hydrogen) atoms. The van der Waals surface area contributed by atoms with Gasteiger partial charge < -0.3 is 9.64 Å². The number of benzene rings is 2. The molecule has 0 spiro atoms. The second-order valence-electron chi connectivity index (χ2n) is 7.67. The molecule has 0 unspecified atom stereocenters. The first kappa shape index (κ1) is 24.7.